The fourth-order valence-corrected chi connectivity index (χ4v) is 4.74. The van der Waals surface area contributed by atoms with Crippen molar-refractivity contribution in [2.24, 2.45) is 5.14 Å². The van der Waals surface area contributed by atoms with Gasteiger partial charge in [-0.1, -0.05) is 18.2 Å². The van der Waals surface area contributed by atoms with Crippen LogP contribution in [0.4, 0.5) is 18.0 Å². The van der Waals surface area contributed by atoms with Crippen LogP contribution in [0.15, 0.2) is 41.3 Å². The van der Waals surface area contributed by atoms with Gasteiger partial charge in [-0.2, -0.15) is 0 Å². The number of hydrogen-bond acceptors (Lipinski definition) is 6. The highest BCUT2D eigenvalue weighted by molar-refractivity contribution is 7.82. The molecule has 1 aliphatic heterocycles. The second kappa shape index (κ2) is 12.8. The molecule has 0 aromatic heterocycles. The number of nitrogens with zero attached hydrogens (tertiary/aromatic N) is 1. The van der Waals surface area contributed by atoms with Crippen molar-refractivity contribution >= 4 is 22.9 Å². The van der Waals surface area contributed by atoms with E-state index in [1.54, 1.807) is 32.9 Å². The highest BCUT2D eigenvalue weighted by Crippen LogP contribution is 2.33. The maximum Gasteiger partial charge on any atom is 0.573 e. The van der Waals surface area contributed by atoms with Crippen molar-refractivity contribution in [2.75, 3.05) is 19.7 Å². The number of benzene rings is 2. The van der Waals surface area contributed by atoms with Crippen molar-refractivity contribution in [1.82, 2.24) is 4.90 Å². The van der Waals surface area contributed by atoms with Gasteiger partial charge in [-0.25, -0.2) is 14.1 Å². The van der Waals surface area contributed by atoms with Gasteiger partial charge in [0.25, 0.3) is 0 Å². The summed E-state index contributed by atoms with van der Waals surface area (Å²) in [6.07, 6.45) is -3.64. The predicted octanol–water partition coefficient (Wildman–Crippen LogP) is 5.33. The molecule has 39 heavy (non-hydrogen) atoms. The summed E-state index contributed by atoms with van der Waals surface area (Å²) in [5, 5.41) is 5.56. The summed E-state index contributed by atoms with van der Waals surface area (Å²) in [5.41, 5.74) is 0.729. The maximum absolute atomic E-state index is 12.9. The number of Topliss-reactive ketones (excluding diaryl/α,β-unsaturated/α-hetero) is 1. The number of fused-ring (bicyclic) bond motifs is 1. The molecule has 1 unspecified atom stereocenters. The van der Waals surface area contributed by atoms with E-state index in [0.717, 1.165) is 5.56 Å². The Morgan fingerprint density at radius 3 is 2.49 bits per heavy atom. The van der Waals surface area contributed by atoms with Gasteiger partial charge in [-0.15, -0.1) is 13.2 Å². The number of carbonyl (C=O) groups is 2. The van der Waals surface area contributed by atoms with Gasteiger partial charge in [0, 0.05) is 31.5 Å². The quantitative estimate of drug-likeness (QED) is 0.289. The van der Waals surface area contributed by atoms with Gasteiger partial charge < -0.3 is 19.1 Å². The lowest BCUT2D eigenvalue weighted by molar-refractivity contribution is -0.274. The van der Waals surface area contributed by atoms with Crippen molar-refractivity contribution in [3.05, 3.63) is 53.1 Å². The number of ether oxygens (including phenoxy) is 3. The topological polar surface area (TPSA) is 108 Å². The van der Waals surface area contributed by atoms with Crippen molar-refractivity contribution in [2.45, 2.75) is 69.7 Å². The molecule has 0 fully saturated rings. The molecule has 0 bridgehead atoms. The number of hydrogen-bond donors (Lipinski definition) is 1. The van der Waals surface area contributed by atoms with Gasteiger partial charge in [0.1, 0.15) is 28.1 Å². The molecule has 3 rings (SSSR count). The third-order valence-corrected chi connectivity index (χ3v) is 6.61. The molecule has 0 aliphatic carbocycles. The lowest BCUT2D eigenvalue weighted by Gasteiger charge is -2.27. The van der Waals surface area contributed by atoms with E-state index in [9.17, 15) is 27.0 Å². The first-order valence-electron chi connectivity index (χ1n) is 12.5. The fraction of sp³-hybridized carbons (Fsp3) is 0.481. The normalized spacial score (nSPS) is 13.8. The first-order valence-corrected chi connectivity index (χ1v) is 13.8. The molecule has 1 amide bonds. The number of para-hydroxylation sites is 1. The highest BCUT2D eigenvalue weighted by Gasteiger charge is 2.32. The van der Waals surface area contributed by atoms with Crippen LogP contribution in [0, 0.1) is 0 Å². The maximum atomic E-state index is 12.9. The molecule has 0 saturated heterocycles. The largest absolute Gasteiger partial charge is 0.573 e. The fourth-order valence-electron chi connectivity index (χ4n) is 4.13. The summed E-state index contributed by atoms with van der Waals surface area (Å²) in [4.78, 5) is 27.4. The van der Waals surface area contributed by atoms with E-state index in [1.807, 2.05) is 0 Å². The summed E-state index contributed by atoms with van der Waals surface area (Å²) < 4.78 is 65.4. The molecule has 1 aliphatic rings. The minimum Gasteiger partial charge on any atom is -0.492 e. The SMILES string of the molecule is CC(C)(C)OC(=O)N(CCCCC(=O)c1cc2c(c(S(N)=O)c1)OCC2)CCc1ccccc1OC(F)(F)F. The summed E-state index contributed by atoms with van der Waals surface area (Å²) in [7, 11) is -1.80. The van der Waals surface area contributed by atoms with Crippen LogP contribution >= 0.6 is 0 Å². The first-order chi connectivity index (χ1) is 18.2. The van der Waals surface area contributed by atoms with Gasteiger partial charge in [-0.05, 0) is 69.4 Å². The summed E-state index contributed by atoms with van der Waals surface area (Å²) in [5.74, 6) is -0.00158. The molecule has 1 heterocycles. The number of nitrogens with two attached hydrogens (primary N) is 1. The van der Waals surface area contributed by atoms with E-state index in [2.05, 4.69) is 4.74 Å². The lowest BCUT2D eigenvalue weighted by Crippen LogP contribution is -2.38. The van der Waals surface area contributed by atoms with Crippen LogP contribution in [-0.4, -0.2) is 52.6 Å². The molecule has 0 spiro atoms. The van der Waals surface area contributed by atoms with E-state index in [-0.39, 0.29) is 37.5 Å². The molecule has 2 aromatic rings. The first kappa shape index (κ1) is 30.4. The number of alkyl halides is 3. The summed E-state index contributed by atoms with van der Waals surface area (Å²) >= 11 is 0. The van der Waals surface area contributed by atoms with E-state index in [1.165, 1.54) is 29.2 Å². The standard InChI is InChI=1S/C27H33F3N2O6S/c1-26(2,3)38-25(34)32(14-11-18-8-4-5-10-22(18)37-27(28,29)30)13-7-6-9-21(33)20-16-19-12-15-36-24(19)23(17-20)39(31)35/h4-5,8,10,16-17H,6-7,9,11-15,31H2,1-3H3. The van der Waals surface area contributed by atoms with Gasteiger partial charge in [0.15, 0.2) is 5.78 Å². The summed E-state index contributed by atoms with van der Waals surface area (Å²) in [6, 6.07) is 9.00. The Labute approximate surface area is 228 Å². The average molecular weight is 571 g/mol. The zero-order valence-corrected chi connectivity index (χ0v) is 23.0. The second-order valence-corrected chi connectivity index (χ2v) is 11.1. The van der Waals surface area contributed by atoms with Crippen LogP contribution in [0.5, 0.6) is 11.5 Å². The molecule has 8 nitrogen and oxygen atoms in total. The number of amides is 1. The highest BCUT2D eigenvalue weighted by atomic mass is 32.2. The molecular weight excluding hydrogens is 537 g/mol. The number of unbranched alkanes of at least 4 members (excludes halogenated alkanes) is 1. The Balaban J connectivity index is 1.62. The Morgan fingerprint density at radius 1 is 1.10 bits per heavy atom. The molecule has 2 N–H and O–H groups in total. The molecule has 12 heteroatoms. The van der Waals surface area contributed by atoms with Crippen LogP contribution in [0.1, 0.15) is 61.5 Å². The monoisotopic (exact) mass is 570 g/mol. The Kier molecular flexibility index (Phi) is 10.0. The second-order valence-electron chi connectivity index (χ2n) is 10.1. The van der Waals surface area contributed by atoms with E-state index < -0.39 is 29.0 Å². The Bertz CT molecular complexity index is 1210. The number of carbonyl (C=O) groups excluding carboxylic acids is 2. The van der Waals surface area contributed by atoms with Crippen LogP contribution in [0.3, 0.4) is 0 Å². The van der Waals surface area contributed by atoms with Crippen LogP contribution < -0.4 is 14.6 Å². The Morgan fingerprint density at radius 2 is 1.82 bits per heavy atom. The van der Waals surface area contributed by atoms with Gasteiger partial charge >= 0.3 is 12.5 Å². The number of ketones is 1. The minimum atomic E-state index is -4.83. The molecule has 214 valence electrons. The van der Waals surface area contributed by atoms with Gasteiger partial charge in [-0.3, -0.25) is 4.79 Å². The van der Waals surface area contributed by atoms with Crippen molar-refractivity contribution in [1.29, 1.82) is 0 Å². The number of rotatable bonds is 11. The smallest absolute Gasteiger partial charge is 0.492 e. The molecule has 0 radical (unpaired) electrons. The zero-order valence-electron chi connectivity index (χ0n) is 22.1. The van der Waals surface area contributed by atoms with E-state index in [4.69, 9.17) is 14.6 Å². The van der Waals surface area contributed by atoms with Crippen molar-refractivity contribution in [3.63, 3.8) is 0 Å². The van der Waals surface area contributed by atoms with Gasteiger partial charge in [0.05, 0.1) is 11.5 Å². The van der Waals surface area contributed by atoms with E-state index >= 15 is 0 Å². The van der Waals surface area contributed by atoms with Crippen LogP contribution in [-0.2, 0) is 28.6 Å². The van der Waals surface area contributed by atoms with E-state index in [0.29, 0.717) is 47.6 Å². The molecular formula is C27H33F3N2O6S. The van der Waals surface area contributed by atoms with Crippen molar-refractivity contribution in [3.8, 4) is 11.5 Å². The Hall–Kier alpha value is -3.12. The molecule has 2 aromatic carbocycles. The third kappa shape index (κ3) is 9.24. The molecule has 1 atom stereocenters. The third-order valence-electron chi connectivity index (χ3n) is 5.87. The minimum absolute atomic E-state index is 0.0948. The van der Waals surface area contributed by atoms with Crippen molar-refractivity contribution < 1.29 is 41.2 Å². The lowest BCUT2D eigenvalue weighted by atomic mass is 10.0. The average Bonchev–Trinajstić information content (AvgIpc) is 3.30. The number of halogens is 3. The zero-order chi connectivity index (χ0) is 28.8. The van der Waals surface area contributed by atoms with Gasteiger partial charge in [0.2, 0.25) is 0 Å². The predicted molar refractivity (Wildman–Crippen MR) is 139 cm³/mol. The van der Waals surface area contributed by atoms with Crippen LogP contribution in [0.25, 0.3) is 0 Å². The molecule has 0 saturated carbocycles. The summed E-state index contributed by atoms with van der Waals surface area (Å²) in [6.45, 7) is 5.93. The van der Waals surface area contributed by atoms with Crippen LogP contribution in [0.2, 0.25) is 0 Å².